The van der Waals surface area contributed by atoms with Crippen LogP contribution >= 0.6 is 0 Å². The topological polar surface area (TPSA) is 172 Å². The first kappa shape index (κ1) is 24.8. The van der Waals surface area contributed by atoms with Crippen LogP contribution in [0.2, 0.25) is 0 Å². The molecule has 1 aliphatic heterocycles. The molecule has 1 fully saturated rings. The van der Waals surface area contributed by atoms with E-state index in [9.17, 15) is 35.1 Å². The molecule has 0 amide bonds. The lowest BCUT2D eigenvalue weighted by atomic mass is 9.99. The molecule has 5 unspecified atom stereocenters. The highest BCUT2D eigenvalue weighted by Gasteiger charge is 2.48. The van der Waals surface area contributed by atoms with Crippen LogP contribution in [0.5, 0.6) is 23.0 Å². The maximum atomic E-state index is 12.1. The molecule has 0 saturated carbocycles. The number of carbonyl (C=O) groups excluding carboxylic acids is 2. The zero-order valence-corrected chi connectivity index (χ0v) is 18.0. The number of aliphatic hydroxyl groups is 2. The van der Waals surface area contributed by atoms with Crippen molar-refractivity contribution >= 4 is 18.0 Å². The smallest absolute Gasteiger partial charge is 0.330 e. The van der Waals surface area contributed by atoms with Crippen LogP contribution in [0.3, 0.4) is 0 Å². The summed E-state index contributed by atoms with van der Waals surface area (Å²) in [5.74, 6) is -2.02. The summed E-state index contributed by atoms with van der Waals surface area (Å²) in [4.78, 5) is 23.6. The van der Waals surface area contributed by atoms with E-state index in [-0.39, 0.29) is 23.0 Å². The van der Waals surface area contributed by atoms with Crippen molar-refractivity contribution in [3.05, 3.63) is 54.1 Å². The number of aromatic hydroxyl groups is 3. The van der Waals surface area contributed by atoms with Gasteiger partial charge in [0.1, 0.15) is 36.4 Å². The van der Waals surface area contributed by atoms with Crippen LogP contribution in [0, 0.1) is 0 Å². The number of rotatable bonds is 7. The van der Waals surface area contributed by atoms with Gasteiger partial charge in [-0.25, -0.2) is 4.79 Å². The van der Waals surface area contributed by atoms with Gasteiger partial charge in [0.2, 0.25) is 6.29 Å². The molecule has 11 heteroatoms. The zero-order chi connectivity index (χ0) is 24.8. The first-order valence-corrected chi connectivity index (χ1v) is 10.2. The first-order valence-electron chi connectivity index (χ1n) is 10.2. The molecule has 0 radical (unpaired) electrons. The van der Waals surface area contributed by atoms with E-state index in [2.05, 4.69) is 0 Å². The fourth-order valence-corrected chi connectivity index (χ4v) is 3.15. The summed E-state index contributed by atoms with van der Waals surface area (Å²) >= 11 is 0. The summed E-state index contributed by atoms with van der Waals surface area (Å²) in [5, 5.41) is 49.1. The van der Waals surface area contributed by atoms with Crippen LogP contribution in [-0.2, 0) is 23.8 Å². The van der Waals surface area contributed by atoms with Crippen molar-refractivity contribution in [2.24, 2.45) is 0 Å². The van der Waals surface area contributed by atoms with Gasteiger partial charge < -0.3 is 44.5 Å². The minimum absolute atomic E-state index is 0.00669. The highest BCUT2D eigenvalue weighted by molar-refractivity contribution is 5.87. The van der Waals surface area contributed by atoms with Crippen LogP contribution < -0.4 is 4.74 Å². The minimum Gasteiger partial charge on any atom is -0.508 e. The van der Waals surface area contributed by atoms with Gasteiger partial charge in [-0.3, -0.25) is 4.79 Å². The SMILES string of the molecule is CC(=O)OC1C(COC(=O)C=Cc2ccc(O)c(O)c2)OC(Oc2ccc(O)cc2)C(O)C1O. The number of benzene rings is 2. The second kappa shape index (κ2) is 10.9. The average Bonchev–Trinajstić information content (AvgIpc) is 2.79. The molecule has 182 valence electrons. The van der Waals surface area contributed by atoms with Crippen LogP contribution in [0.1, 0.15) is 12.5 Å². The number of aliphatic hydroxyl groups excluding tert-OH is 2. The van der Waals surface area contributed by atoms with Crippen molar-refractivity contribution in [1.82, 2.24) is 0 Å². The molecule has 3 rings (SSSR count). The summed E-state index contributed by atoms with van der Waals surface area (Å²) in [7, 11) is 0. The van der Waals surface area contributed by atoms with Crippen molar-refractivity contribution in [1.29, 1.82) is 0 Å². The van der Waals surface area contributed by atoms with Gasteiger partial charge in [0.05, 0.1) is 0 Å². The Morgan fingerprint density at radius 3 is 2.35 bits per heavy atom. The Labute approximate surface area is 194 Å². The molecule has 0 aliphatic carbocycles. The van der Waals surface area contributed by atoms with Gasteiger partial charge >= 0.3 is 11.9 Å². The number of hydrogen-bond acceptors (Lipinski definition) is 11. The Morgan fingerprint density at radius 1 is 1.00 bits per heavy atom. The fourth-order valence-electron chi connectivity index (χ4n) is 3.15. The minimum atomic E-state index is -1.61. The van der Waals surface area contributed by atoms with Gasteiger partial charge in [-0.1, -0.05) is 6.07 Å². The lowest BCUT2D eigenvalue weighted by Crippen LogP contribution is -2.61. The van der Waals surface area contributed by atoms with Crippen LogP contribution in [0.25, 0.3) is 6.08 Å². The molecular formula is C23H24O11. The molecule has 1 aliphatic rings. The molecule has 0 bridgehead atoms. The third-order valence-corrected chi connectivity index (χ3v) is 4.83. The Bertz CT molecular complexity index is 1030. The van der Waals surface area contributed by atoms with Gasteiger partial charge in [0, 0.05) is 13.0 Å². The summed E-state index contributed by atoms with van der Waals surface area (Å²) in [6.45, 7) is 0.651. The summed E-state index contributed by atoms with van der Waals surface area (Å²) < 4.78 is 21.3. The van der Waals surface area contributed by atoms with E-state index >= 15 is 0 Å². The van der Waals surface area contributed by atoms with Crippen molar-refractivity contribution in [3.63, 3.8) is 0 Å². The second-order valence-corrected chi connectivity index (χ2v) is 7.42. The van der Waals surface area contributed by atoms with Crippen molar-refractivity contribution in [3.8, 4) is 23.0 Å². The van der Waals surface area contributed by atoms with E-state index in [1.165, 1.54) is 48.5 Å². The predicted octanol–water partition coefficient (Wildman–Crippen LogP) is 0.817. The monoisotopic (exact) mass is 476 g/mol. The van der Waals surface area contributed by atoms with Gasteiger partial charge in [-0.05, 0) is 48.0 Å². The third-order valence-electron chi connectivity index (χ3n) is 4.83. The van der Waals surface area contributed by atoms with E-state index in [4.69, 9.17) is 18.9 Å². The van der Waals surface area contributed by atoms with Crippen LogP contribution in [0.4, 0.5) is 0 Å². The standard InChI is InChI=1S/C23H24O11/c1-12(24)32-22-18(11-31-19(28)9-3-13-2-8-16(26)17(27)10-13)34-23(21(30)20(22)29)33-15-6-4-14(25)5-7-15/h2-10,18,20-23,25-27,29-30H,11H2,1H3. The fraction of sp³-hybridized carbons (Fsp3) is 0.304. The largest absolute Gasteiger partial charge is 0.508 e. The maximum Gasteiger partial charge on any atom is 0.330 e. The van der Waals surface area contributed by atoms with E-state index in [1.807, 2.05) is 0 Å². The number of phenolic OH excluding ortho intramolecular Hbond substituents is 3. The van der Waals surface area contributed by atoms with Crippen LogP contribution in [-0.4, -0.2) is 74.8 Å². The molecule has 5 atom stereocenters. The van der Waals surface area contributed by atoms with Crippen molar-refractivity contribution < 1.29 is 54.1 Å². The molecule has 1 heterocycles. The molecular weight excluding hydrogens is 452 g/mol. The van der Waals surface area contributed by atoms with Gasteiger partial charge in [0.15, 0.2) is 17.6 Å². The molecule has 11 nitrogen and oxygen atoms in total. The first-order chi connectivity index (χ1) is 16.1. The Hall–Kier alpha value is -3.80. The van der Waals surface area contributed by atoms with E-state index in [0.717, 1.165) is 13.0 Å². The molecule has 0 spiro atoms. The van der Waals surface area contributed by atoms with E-state index < -0.39 is 49.3 Å². The number of ether oxygens (including phenoxy) is 4. The third kappa shape index (κ3) is 6.38. The molecule has 34 heavy (non-hydrogen) atoms. The summed E-state index contributed by atoms with van der Waals surface area (Å²) in [6.07, 6.45) is -4.75. The number of phenols is 3. The van der Waals surface area contributed by atoms with E-state index in [0.29, 0.717) is 5.56 Å². The average molecular weight is 476 g/mol. The highest BCUT2D eigenvalue weighted by Crippen LogP contribution is 2.28. The van der Waals surface area contributed by atoms with Crippen molar-refractivity contribution in [2.45, 2.75) is 37.6 Å². The maximum absolute atomic E-state index is 12.1. The summed E-state index contributed by atoms with van der Waals surface area (Å²) in [5.41, 5.74) is 0.417. The molecule has 1 saturated heterocycles. The number of esters is 2. The number of hydrogen-bond donors (Lipinski definition) is 5. The molecule has 0 aromatic heterocycles. The van der Waals surface area contributed by atoms with Gasteiger partial charge in [-0.15, -0.1) is 0 Å². The predicted molar refractivity (Wildman–Crippen MR) is 115 cm³/mol. The lowest BCUT2D eigenvalue weighted by molar-refractivity contribution is -0.281. The van der Waals surface area contributed by atoms with Crippen LogP contribution in [0.15, 0.2) is 48.5 Å². The molecule has 5 N–H and O–H groups in total. The second-order valence-electron chi connectivity index (χ2n) is 7.42. The Kier molecular flexibility index (Phi) is 7.95. The number of carbonyl (C=O) groups is 2. The van der Waals surface area contributed by atoms with Gasteiger partial charge in [-0.2, -0.15) is 0 Å². The van der Waals surface area contributed by atoms with Gasteiger partial charge in [0.25, 0.3) is 0 Å². The highest BCUT2D eigenvalue weighted by atomic mass is 16.7. The lowest BCUT2D eigenvalue weighted by Gasteiger charge is -2.41. The quantitative estimate of drug-likeness (QED) is 0.218. The molecule has 2 aromatic rings. The normalized spacial score (nSPS) is 24.5. The summed E-state index contributed by atoms with van der Waals surface area (Å²) in [6, 6.07) is 9.48. The Morgan fingerprint density at radius 2 is 1.71 bits per heavy atom. The van der Waals surface area contributed by atoms with E-state index in [1.54, 1.807) is 0 Å². The zero-order valence-electron chi connectivity index (χ0n) is 18.0. The van der Waals surface area contributed by atoms with Crippen molar-refractivity contribution in [2.75, 3.05) is 6.61 Å². The Balaban J connectivity index is 1.67. The molecule has 2 aromatic carbocycles.